The number of imidazole rings is 1. The second kappa shape index (κ2) is 5.33. The van der Waals surface area contributed by atoms with E-state index in [2.05, 4.69) is 14.9 Å². The number of aromatic nitrogens is 2. The van der Waals surface area contributed by atoms with Crippen LogP contribution in [0.5, 0.6) is 0 Å². The van der Waals surface area contributed by atoms with Gasteiger partial charge in [0.25, 0.3) is 0 Å². The van der Waals surface area contributed by atoms with Crippen molar-refractivity contribution in [2.45, 2.75) is 19.0 Å². The predicted molar refractivity (Wildman–Crippen MR) is 72.2 cm³/mol. The van der Waals surface area contributed by atoms with E-state index >= 15 is 0 Å². The third kappa shape index (κ3) is 2.60. The average Bonchev–Trinajstić information content (AvgIpc) is 2.87. The number of aliphatic hydroxyl groups excluding tert-OH is 1. The number of benzene rings is 1. The third-order valence-electron chi connectivity index (χ3n) is 3.22. The fraction of sp³-hybridized carbons (Fsp3) is 0.357. The van der Waals surface area contributed by atoms with E-state index in [0.29, 0.717) is 6.54 Å². The summed E-state index contributed by atoms with van der Waals surface area (Å²) in [5.74, 6) is 0.922. The molecule has 0 bridgehead atoms. The number of likely N-dealkylation sites (N-methyl/N-ethyl adjacent to an activating group) is 1. The zero-order valence-electron chi connectivity index (χ0n) is 10.8. The molecular weight excluding hydrogens is 226 g/mol. The zero-order chi connectivity index (χ0) is 13.0. The van der Waals surface area contributed by atoms with E-state index < -0.39 is 0 Å². The summed E-state index contributed by atoms with van der Waals surface area (Å²) in [5.41, 5.74) is 0.739. The molecule has 0 aliphatic heterocycles. The first-order valence-corrected chi connectivity index (χ1v) is 6.05. The van der Waals surface area contributed by atoms with Gasteiger partial charge >= 0.3 is 0 Å². The molecule has 0 saturated heterocycles. The van der Waals surface area contributed by atoms with Crippen LogP contribution in [0.1, 0.15) is 6.92 Å². The first-order valence-electron chi connectivity index (χ1n) is 6.05. The quantitative estimate of drug-likeness (QED) is 0.839. The van der Waals surface area contributed by atoms with Gasteiger partial charge in [-0.2, -0.15) is 0 Å². The van der Waals surface area contributed by atoms with E-state index in [-0.39, 0.29) is 12.1 Å². The second-order valence-corrected chi connectivity index (χ2v) is 4.71. The number of aliphatic hydroxyl groups is 1. The summed E-state index contributed by atoms with van der Waals surface area (Å²) in [6, 6.07) is 10.1. The molecule has 1 aromatic carbocycles. The maximum atomic E-state index is 9.45. The van der Waals surface area contributed by atoms with Gasteiger partial charge < -0.3 is 15.0 Å². The first-order chi connectivity index (χ1) is 8.68. The highest BCUT2D eigenvalue weighted by atomic mass is 16.3. The van der Waals surface area contributed by atoms with E-state index in [1.165, 1.54) is 0 Å². The Hall–Kier alpha value is -1.65. The monoisotopic (exact) mass is 245 g/mol. The van der Waals surface area contributed by atoms with Gasteiger partial charge in [-0.1, -0.05) is 30.3 Å². The van der Waals surface area contributed by atoms with Crippen LogP contribution in [0.25, 0.3) is 11.4 Å². The normalized spacial score (nSPS) is 14.4. The average molecular weight is 245 g/mol. The fourth-order valence-electron chi connectivity index (χ4n) is 1.87. The fourth-order valence-corrected chi connectivity index (χ4v) is 1.87. The van der Waals surface area contributed by atoms with Crippen LogP contribution in [0, 0.1) is 0 Å². The lowest BCUT2D eigenvalue weighted by Gasteiger charge is -2.28. The van der Waals surface area contributed by atoms with E-state index in [1.807, 2.05) is 50.5 Å². The summed E-state index contributed by atoms with van der Waals surface area (Å²) >= 11 is 0. The Morgan fingerprint density at radius 3 is 2.67 bits per heavy atom. The molecule has 1 aromatic heterocycles. The van der Waals surface area contributed by atoms with Crippen LogP contribution in [-0.2, 0) is 6.54 Å². The molecule has 4 nitrogen and oxygen atoms in total. The molecule has 0 spiro atoms. The predicted octanol–water partition coefficient (Wildman–Crippen LogP) is 1.52. The number of nitrogens with one attached hydrogen (secondary N) is 1. The Bertz CT molecular complexity index is 489. The summed E-state index contributed by atoms with van der Waals surface area (Å²) in [6.45, 7) is 2.74. The highest BCUT2D eigenvalue weighted by molar-refractivity contribution is 5.55. The second-order valence-electron chi connectivity index (χ2n) is 4.71. The SMILES string of the molecule is CNC(C)(CO)Cn1ccnc1-c1ccccc1. The van der Waals surface area contributed by atoms with E-state index in [0.717, 1.165) is 11.4 Å². The van der Waals surface area contributed by atoms with E-state index in [9.17, 15) is 5.11 Å². The van der Waals surface area contributed by atoms with Gasteiger partial charge in [-0.3, -0.25) is 0 Å². The topological polar surface area (TPSA) is 50.1 Å². The van der Waals surface area contributed by atoms with Crippen LogP contribution in [0.2, 0.25) is 0 Å². The molecule has 2 aromatic rings. The minimum absolute atomic E-state index is 0.0793. The van der Waals surface area contributed by atoms with Crippen molar-refractivity contribution >= 4 is 0 Å². The lowest BCUT2D eigenvalue weighted by atomic mass is 10.0. The lowest BCUT2D eigenvalue weighted by Crippen LogP contribution is -2.47. The summed E-state index contributed by atoms with van der Waals surface area (Å²) in [4.78, 5) is 4.39. The molecule has 0 aliphatic rings. The van der Waals surface area contributed by atoms with Crippen molar-refractivity contribution in [1.29, 1.82) is 0 Å². The van der Waals surface area contributed by atoms with Gasteiger partial charge in [0, 0.05) is 24.5 Å². The Kier molecular flexibility index (Phi) is 3.79. The van der Waals surface area contributed by atoms with Gasteiger partial charge in [0.1, 0.15) is 5.82 Å². The molecular formula is C14H19N3O. The summed E-state index contributed by atoms with van der Waals surface area (Å²) in [5, 5.41) is 12.6. The summed E-state index contributed by atoms with van der Waals surface area (Å²) < 4.78 is 2.06. The molecule has 1 unspecified atom stereocenters. The van der Waals surface area contributed by atoms with Crippen molar-refractivity contribution in [3.63, 3.8) is 0 Å². The van der Waals surface area contributed by atoms with Gasteiger partial charge in [-0.15, -0.1) is 0 Å². The molecule has 0 radical (unpaired) electrons. The number of nitrogens with zero attached hydrogens (tertiary/aromatic N) is 2. The van der Waals surface area contributed by atoms with Crippen molar-refractivity contribution in [1.82, 2.24) is 14.9 Å². The maximum Gasteiger partial charge on any atom is 0.139 e. The van der Waals surface area contributed by atoms with Crippen LogP contribution in [-0.4, -0.2) is 33.9 Å². The molecule has 1 heterocycles. The highest BCUT2D eigenvalue weighted by Crippen LogP contribution is 2.19. The Morgan fingerprint density at radius 1 is 1.33 bits per heavy atom. The Morgan fingerprint density at radius 2 is 2.06 bits per heavy atom. The van der Waals surface area contributed by atoms with Crippen LogP contribution in [0.4, 0.5) is 0 Å². The van der Waals surface area contributed by atoms with Crippen molar-refractivity contribution in [2.24, 2.45) is 0 Å². The zero-order valence-corrected chi connectivity index (χ0v) is 10.8. The van der Waals surface area contributed by atoms with Crippen LogP contribution >= 0.6 is 0 Å². The molecule has 18 heavy (non-hydrogen) atoms. The van der Waals surface area contributed by atoms with E-state index in [4.69, 9.17) is 0 Å². The van der Waals surface area contributed by atoms with Gasteiger partial charge in [-0.05, 0) is 14.0 Å². The highest BCUT2D eigenvalue weighted by Gasteiger charge is 2.22. The first kappa shape index (κ1) is 12.8. The van der Waals surface area contributed by atoms with Gasteiger partial charge in [0.15, 0.2) is 0 Å². The summed E-state index contributed by atoms with van der Waals surface area (Å²) in [7, 11) is 1.86. The van der Waals surface area contributed by atoms with Gasteiger partial charge in [-0.25, -0.2) is 4.98 Å². The number of hydrogen-bond acceptors (Lipinski definition) is 3. The number of hydrogen-bond donors (Lipinski definition) is 2. The minimum Gasteiger partial charge on any atom is -0.394 e. The molecule has 2 N–H and O–H groups in total. The standard InChI is InChI=1S/C14H19N3O/c1-14(11-18,15-2)10-17-9-8-16-13(17)12-6-4-3-5-7-12/h3-9,15,18H,10-11H2,1-2H3. The van der Waals surface area contributed by atoms with Crippen molar-refractivity contribution in [2.75, 3.05) is 13.7 Å². The molecule has 4 heteroatoms. The Labute approximate surface area is 107 Å². The van der Waals surface area contributed by atoms with Crippen LogP contribution in [0.15, 0.2) is 42.7 Å². The molecule has 0 fully saturated rings. The van der Waals surface area contributed by atoms with Crippen molar-refractivity contribution < 1.29 is 5.11 Å². The third-order valence-corrected chi connectivity index (χ3v) is 3.22. The smallest absolute Gasteiger partial charge is 0.139 e. The molecule has 2 rings (SSSR count). The van der Waals surface area contributed by atoms with Gasteiger partial charge in [0.05, 0.1) is 12.1 Å². The van der Waals surface area contributed by atoms with Gasteiger partial charge in [0.2, 0.25) is 0 Å². The van der Waals surface area contributed by atoms with E-state index in [1.54, 1.807) is 6.20 Å². The molecule has 0 aliphatic carbocycles. The van der Waals surface area contributed by atoms with Crippen LogP contribution < -0.4 is 5.32 Å². The Balaban J connectivity index is 2.29. The minimum atomic E-state index is -0.343. The molecule has 0 amide bonds. The van der Waals surface area contributed by atoms with Crippen molar-refractivity contribution in [3.8, 4) is 11.4 Å². The van der Waals surface area contributed by atoms with Crippen LogP contribution in [0.3, 0.4) is 0 Å². The van der Waals surface area contributed by atoms with Crippen molar-refractivity contribution in [3.05, 3.63) is 42.7 Å². The summed E-state index contributed by atoms with van der Waals surface area (Å²) in [6.07, 6.45) is 3.73. The lowest BCUT2D eigenvalue weighted by molar-refractivity contribution is 0.166. The molecule has 1 atom stereocenters. The largest absolute Gasteiger partial charge is 0.394 e. The maximum absolute atomic E-state index is 9.45. The number of rotatable bonds is 5. The molecule has 0 saturated carbocycles. The molecule has 96 valence electrons.